The average Bonchev–Trinajstić information content (AvgIpc) is 3.15. The highest BCUT2D eigenvalue weighted by molar-refractivity contribution is 7.99. The molecule has 0 atom stereocenters. The number of carbonyl (C=O) groups excluding carboxylic acids is 1. The Kier molecular flexibility index (Phi) is 5.41. The maximum absolute atomic E-state index is 12.1. The molecule has 1 amide bonds. The van der Waals surface area contributed by atoms with Crippen LogP contribution < -0.4 is 5.32 Å². The van der Waals surface area contributed by atoms with E-state index in [-0.39, 0.29) is 11.7 Å². The summed E-state index contributed by atoms with van der Waals surface area (Å²) >= 11 is 8.64. The number of aromatic nitrogens is 3. The first-order valence-electron chi connectivity index (χ1n) is 7.39. The molecule has 1 N–H and O–H groups in total. The van der Waals surface area contributed by atoms with Crippen LogP contribution in [0.1, 0.15) is 16.3 Å². The molecule has 6 nitrogen and oxygen atoms in total. The number of carbonyl (C=O) groups is 1. The van der Waals surface area contributed by atoms with Crippen molar-refractivity contribution < 1.29 is 9.21 Å². The van der Waals surface area contributed by atoms with E-state index in [0.29, 0.717) is 21.8 Å². The Morgan fingerprint density at radius 2 is 2.12 bits per heavy atom. The third kappa shape index (κ3) is 4.39. The molecule has 130 valence electrons. The highest BCUT2D eigenvalue weighted by Gasteiger charge is 2.16. The Balaban J connectivity index is 1.61. The molecule has 0 fully saturated rings. The van der Waals surface area contributed by atoms with Crippen molar-refractivity contribution in [2.75, 3.05) is 11.1 Å². The minimum absolute atomic E-state index is 0.161. The third-order valence-corrected chi connectivity index (χ3v) is 5.42. The zero-order valence-corrected chi connectivity index (χ0v) is 16.2. The molecule has 3 rings (SSSR count). The molecule has 0 aliphatic carbocycles. The molecule has 25 heavy (non-hydrogen) atoms. The largest absolute Gasteiger partial charge is 0.410 e. The number of hydrogen-bond donors (Lipinski definition) is 1. The molecular formula is C16H15ClN4O2S2. The summed E-state index contributed by atoms with van der Waals surface area (Å²) in [5, 5.41) is 12.7. The highest BCUT2D eigenvalue weighted by Crippen LogP contribution is 2.30. The van der Waals surface area contributed by atoms with Crippen LogP contribution in [0.25, 0.3) is 10.8 Å². The van der Waals surface area contributed by atoms with Gasteiger partial charge in [0.15, 0.2) is 0 Å². The van der Waals surface area contributed by atoms with Crippen molar-refractivity contribution in [3.05, 3.63) is 39.5 Å². The molecule has 2 heterocycles. The van der Waals surface area contributed by atoms with E-state index in [1.807, 2.05) is 26.8 Å². The number of nitrogens with one attached hydrogen (secondary N) is 1. The van der Waals surface area contributed by atoms with Gasteiger partial charge in [-0.1, -0.05) is 29.4 Å². The van der Waals surface area contributed by atoms with Gasteiger partial charge in [-0.05, 0) is 38.5 Å². The van der Waals surface area contributed by atoms with Crippen LogP contribution >= 0.6 is 34.7 Å². The van der Waals surface area contributed by atoms with E-state index in [2.05, 4.69) is 20.5 Å². The van der Waals surface area contributed by atoms with Crippen LogP contribution in [0.2, 0.25) is 5.02 Å². The van der Waals surface area contributed by atoms with Gasteiger partial charge >= 0.3 is 0 Å². The van der Waals surface area contributed by atoms with E-state index in [1.165, 1.54) is 23.1 Å². The number of thioether (sulfide) groups is 1. The van der Waals surface area contributed by atoms with Crippen molar-refractivity contribution in [2.45, 2.75) is 26.0 Å². The van der Waals surface area contributed by atoms with Crippen LogP contribution in [0.4, 0.5) is 5.69 Å². The van der Waals surface area contributed by atoms with Crippen LogP contribution in [0.5, 0.6) is 0 Å². The first kappa shape index (κ1) is 17.9. The Hall–Kier alpha value is -1.90. The maximum Gasteiger partial charge on any atom is 0.277 e. The number of rotatable bonds is 5. The number of benzene rings is 1. The second kappa shape index (κ2) is 7.55. The second-order valence-electron chi connectivity index (χ2n) is 5.32. The quantitative estimate of drug-likeness (QED) is 0.641. The average molecular weight is 395 g/mol. The minimum atomic E-state index is -0.167. The first-order chi connectivity index (χ1) is 11.9. The van der Waals surface area contributed by atoms with Crippen molar-refractivity contribution in [3.8, 4) is 10.8 Å². The second-order valence-corrected chi connectivity index (χ2v) is 7.88. The summed E-state index contributed by atoms with van der Waals surface area (Å²) in [7, 11) is 0. The van der Waals surface area contributed by atoms with E-state index < -0.39 is 0 Å². The van der Waals surface area contributed by atoms with Crippen LogP contribution in [-0.4, -0.2) is 26.8 Å². The molecule has 0 radical (unpaired) electrons. The molecule has 1 aromatic carbocycles. The summed E-state index contributed by atoms with van der Waals surface area (Å²) in [6, 6.07) is 5.36. The fourth-order valence-corrected chi connectivity index (χ4v) is 3.71. The molecule has 0 aliphatic rings. The minimum Gasteiger partial charge on any atom is -0.410 e. The standard InChI is InChI=1S/C16H15ClN4O2S2/c1-8-4-5-11(17)6-12(8)19-13(22)7-24-16-21-20-15(23-16)14-9(2)18-10(3)25-14/h4-6H,7H2,1-3H3,(H,19,22). The molecule has 9 heteroatoms. The molecule has 0 saturated heterocycles. The van der Waals surface area contributed by atoms with Gasteiger partial charge in [0.2, 0.25) is 5.91 Å². The molecule has 0 unspecified atom stereocenters. The van der Waals surface area contributed by atoms with Gasteiger partial charge in [0.1, 0.15) is 4.88 Å². The van der Waals surface area contributed by atoms with Crippen LogP contribution in [0.15, 0.2) is 27.8 Å². The SMILES string of the molecule is Cc1nc(C)c(-c2nnc(SCC(=O)Nc3cc(Cl)ccc3C)o2)s1. The van der Waals surface area contributed by atoms with E-state index in [9.17, 15) is 4.79 Å². The zero-order chi connectivity index (χ0) is 18.0. The fraction of sp³-hybridized carbons (Fsp3) is 0.250. The van der Waals surface area contributed by atoms with Crippen LogP contribution in [0.3, 0.4) is 0 Å². The summed E-state index contributed by atoms with van der Waals surface area (Å²) in [5.74, 6) is 0.422. The zero-order valence-electron chi connectivity index (χ0n) is 13.8. The highest BCUT2D eigenvalue weighted by atomic mass is 35.5. The number of anilines is 1. The smallest absolute Gasteiger partial charge is 0.277 e. The van der Waals surface area contributed by atoms with E-state index in [0.717, 1.165) is 21.1 Å². The van der Waals surface area contributed by atoms with E-state index in [4.69, 9.17) is 16.0 Å². The van der Waals surface area contributed by atoms with E-state index in [1.54, 1.807) is 12.1 Å². The van der Waals surface area contributed by atoms with Crippen molar-refractivity contribution in [1.29, 1.82) is 0 Å². The molecule has 0 aliphatic heterocycles. The van der Waals surface area contributed by atoms with Gasteiger partial charge < -0.3 is 9.73 Å². The van der Waals surface area contributed by atoms with Gasteiger partial charge in [-0.15, -0.1) is 21.5 Å². The molecule has 0 bridgehead atoms. The van der Waals surface area contributed by atoms with Crippen LogP contribution in [0, 0.1) is 20.8 Å². The van der Waals surface area contributed by atoms with Gasteiger partial charge in [0.25, 0.3) is 11.1 Å². The van der Waals surface area contributed by atoms with Crippen molar-refractivity contribution >= 4 is 46.3 Å². The lowest BCUT2D eigenvalue weighted by molar-refractivity contribution is -0.113. The maximum atomic E-state index is 12.1. The predicted octanol–water partition coefficient (Wildman–Crippen LogP) is 4.50. The lowest BCUT2D eigenvalue weighted by atomic mass is 10.2. The molecule has 3 aromatic rings. The molecule has 0 spiro atoms. The number of halogens is 1. The topological polar surface area (TPSA) is 80.9 Å². The molecule has 0 saturated carbocycles. The first-order valence-corrected chi connectivity index (χ1v) is 9.57. The monoisotopic (exact) mass is 394 g/mol. The van der Waals surface area contributed by atoms with Gasteiger partial charge in [0, 0.05) is 10.7 Å². The summed E-state index contributed by atoms with van der Waals surface area (Å²) in [5.41, 5.74) is 2.50. The number of thiazole rings is 1. The fourth-order valence-electron chi connectivity index (χ4n) is 2.13. The Labute approximate surface area is 158 Å². The van der Waals surface area contributed by atoms with Gasteiger partial charge in [-0.25, -0.2) is 4.98 Å². The molecule has 2 aromatic heterocycles. The number of nitrogens with zero attached hydrogens (tertiary/aromatic N) is 3. The van der Waals surface area contributed by atoms with Crippen molar-refractivity contribution in [2.24, 2.45) is 0 Å². The molecular weight excluding hydrogens is 380 g/mol. The van der Waals surface area contributed by atoms with Crippen molar-refractivity contribution in [3.63, 3.8) is 0 Å². The Morgan fingerprint density at radius 1 is 1.32 bits per heavy atom. The number of amides is 1. The summed E-state index contributed by atoms with van der Waals surface area (Å²) < 4.78 is 5.62. The Bertz CT molecular complexity index is 923. The van der Waals surface area contributed by atoms with Gasteiger partial charge in [0.05, 0.1) is 16.5 Å². The lowest BCUT2D eigenvalue weighted by Crippen LogP contribution is -2.14. The lowest BCUT2D eigenvalue weighted by Gasteiger charge is -2.07. The summed E-state index contributed by atoms with van der Waals surface area (Å²) in [6.45, 7) is 5.73. The van der Waals surface area contributed by atoms with Gasteiger partial charge in [-0.3, -0.25) is 4.79 Å². The number of hydrogen-bond acceptors (Lipinski definition) is 7. The summed E-state index contributed by atoms with van der Waals surface area (Å²) in [6.07, 6.45) is 0. The predicted molar refractivity (Wildman–Crippen MR) is 100 cm³/mol. The number of aryl methyl sites for hydroxylation is 3. The normalized spacial score (nSPS) is 10.9. The third-order valence-electron chi connectivity index (χ3n) is 3.30. The summed E-state index contributed by atoms with van der Waals surface area (Å²) in [4.78, 5) is 17.3. The Morgan fingerprint density at radius 3 is 2.84 bits per heavy atom. The van der Waals surface area contributed by atoms with E-state index >= 15 is 0 Å². The van der Waals surface area contributed by atoms with Gasteiger partial charge in [-0.2, -0.15) is 0 Å². The van der Waals surface area contributed by atoms with Crippen molar-refractivity contribution in [1.82, 2.24) is 15.2 Å². The van der Waals surface area contributed by atoms with Crippen LogP contribution in [-0.2, 0) is 4.79 Å².